The van der Waals surface area contributed by atoms with Gasteiger partial charge in [-0.3, -0.25) is 0 Å². The van der Waals surface area contributed by atoms with Crippen LogP contribution in [0.3, 0.4) is 0 Å². The molecule has 0 unspecified atom stereocenters. The van der Waals surface area contributed by atoms with E-state index >= 15 is 0 Å². The molecule has 0 aliphatic carbocycles. The first-order valence-electron chi connectivity index (χ1n) is 8.54. The van der Waals surface area contributed by atoms with Crippen LogP contribution in [0.25, 0.3) is 0 Å². The van der Waals surface area contributed by atoms with Gasteiger partial charge in [0.1, 0.15) is 28.5 Å². The van der Waals surface area contributed by atoms with E-state index in [0.717, 1.165) is 0 Å². The number of rotatable bonds is 4. The summed E-state index contributed by atoms with van der Waals surface area (Å²) in [6.45, 7) is 0. The van der Waals surface area contributed by atoms with Crippen LogP contribution in [0.2, 0.25) is 0 Å². The number of hydrogen-bond donors (Lipinski definition) is 0. The monoisotopic (exact) mass is 534 g/mol. The van der Waals surface area contributed by atoms with Crippen molar-refractivity contribution >= 4 is 28.5 Å². The summed E-state index contributed by atoms with van der Waals surface area (Å²) < 4.78 is 0. The Labute approximate surface area is 170 Å². The van der Waals surface area contributed by atoms with Crippen LogP contribution in [0.5, 0.6) is 0 Å². The Morgan fingerprint density at radius 1 is 0.308 bits per heavy atom. The molecule has 0 heterocycles. The molecule has 0 spiro atoms. The molecular formula is C24H20PPt+. The second-order valence-corrected chi connectivity index (χ2v) is 9.42. The van der Waals surface area contributed by atoms with Gasteiger partial charge in [0.15, 0.2) is 0 Å². The predicted octanol–water partition coefficient (Wildman–Crippen LogP) is 4.30. The molecule has 26 heavy (non-hydrogen) atoms. The molecule has 0 aliphatic heterocycles. The summed E-state index contributed by atoms with van der Waals surface area (Å²) >= 11 is 0. The van der Waals surface area contributed by atoms with Gasteiger partial charge in [0, 0.05) is 21.1 Å². The van der Waals surface area contributed by atoms with Gasteiger partial charge < -0.3 is 0 Å². The minimum absolute atomic E-state index is 0. The SMILES string of the molecule is [Pt].c1ccc([P+](c2ccccc2)(c2ccccc2)c2ccccc2)cc1. The molecule has 0 atom stereocenters. The minimum atomic E-state index is -1.91. The van der Waals surface area contributed by atoms with E-state index in [1.165, 1.54) is 21.2 Å². The first kappa shape index (κ1) is 18.8. The third-order valence-corrected chi connectivity index (χ3v) is 8.86. The largest absolute Gasteiger partial charge is 0.144 e. The first-order chi connectivity index (χ1) is 12.4. The average molecular weight is 534 g/mol. The topological polar surface area (TPSA) is 0 Å². The van der Waals surface area contributed by atoms with Gasteiger partial charge in [0.25, 0.3) is 0 Å². The van der Waals surface area contributed by atoms with Crippen molar-refractivity contribution in [3.8, 4) is 0 Å². The summed E-state index contributed by atoms with van der Waals surface area (Å²) in [5.41, 5.74) is 0. The van der Waals surface area contributed by atoms with Gasteiger partial charge >= 0.3 is 0 Å². The Morgan fingerprint density at radius 2 is 0.500 bits per heavy atom. The van der Waals surface area contributed by atoms with Crippen LogP contribution in [0.15, 0.2) is 121 Å². The van der Waals surface area contributed by atoms with Crippen molar-refractivity contribution in [3.05, 3.63) is 121 Å². The van der Waals surface area contributed by atoms with Crippen molar-refractivity contribution in [2.24, 2.45) is 0 Å². The van der Waals surface area contributed by atoms with Crippen LogP contribution in [-0.4, -0.2) is 0 Å². The smallest absolute Gasteiger partial charge is 0.0620 e. The number of hydrogen-bond acceptors (Lipinski definition) is 0. The summed E-state index contributed by atoms with van der Waals surface area (Å²) in [5, 5.41) is 5.55. The van der Waals surface area contributed by atoms with E-state index in [1.54, 1.807) is 0 Å². The van der Waals surface area contributed by atoms with Crippen LogP contribution in [0.1, 0.15) is 0 Å². The second-order valence-electron chi connectivity index (χ2n) is 6.01. The van der Waals surface area contributed by atoms with Crippen molar-refractivity contribution in [1.29, 1.82) is 0 Å². The summed E-state index contributed by atoms with van der Waals surface area (Å²) in [5.74, 6) is 0. The molecule has 0 saturated heterocycles. The Morgan fingerprint density at radius 3 is 0.692 bits per heavy atom. The molecule has 0 N–H and O–H groups in total. The molecule has 0 aromatic heterocycles. The fraction of sp³-hybridized carbons (Fsp3) is 0. The molecule has 4 aromatic carbocycles. The molecule has 0 fully saturated rings. The molecule has 130 valence electrons. The molecule has 4 rings (SSSR count). The Kier molecular flexibility index (Phi) is 6.20. The average Bonchev–Trinajstić information content (AvgIpc) is 2.72. The standard InChI is InChI=1S/C24H20P.Pt/c1-5-13-21(14-6-1)25(22-15-7-2-8-16-22,23-17-9-3-10-18-23)24-19-11-4-12-20-24;/h1-20H;/q+1;. The van der Waals surface area contributed by atoms with Crippen molar-refractivity contribution in [2.45, 2.75) is 0 Å². The van der Waals surface area contributed by atoms with Crippen molar-refractivity contribution in [1.82, 2.24) is 0 Å². The Balaban J connectivity index is 0.00000196. The van der Waals surface area contributed by atoms with Gasteiger partial charge in [0.2, 0.25) is 0 Å². The Bertz CT molecular complexity index is 759. The van der Waals surface area contributed by atoms with Gasteiger partial charge in [-0.15, -0.1) is 0 Å². The van der Waals surface area contributed by atoms with Crippen LogP contribution in [0.4, 0.5) is 0 Å². The van der Waals surface area contributed by atoms with E-state index in [-0.39, 0.29) is 21.1 Å². The Hall–Kier alpha value is -2.00. The molecule has 0 bridgehead atoms. The normalized spacial score (nSPS) is 10.8. The van der Waals surface area contributed by atoms with Gasteiger partial charge in [-0.05, 0) is 48.5 Å². The third-order valence-electron chi connectivity index (χ3n) is 4.57. The van der Waals surface area contributed by atoms with E-state index < -0.39 is 7.26 Å². The second kappa shape index (κ2) is 8.59. The number of benzene rings is 4. The van der Waals surface area contributed by atoms with Gasteiger partial charge in [-0.25, -0.2) is 0 Å². The van der Waals surface area contributed by atoms with Gasteiger partial charge in [-0.2, -0.15) is 0 Å². The zero-order valence-corrected chi connectivity index (χ0v) is 17.5. The predicted molar refractivity (Wildman–Crippen MR) is 111 cm³/mol. The molecule has 0 saturated carbocycles. The summed E-state index contributed by atoms with van der Waals surface area (Å²) in [7, 11) is -1.91. The van der Waals surface area contributed by atoms with E-state index in [0.29, 0.717) is 0 Å². The molecular weight excluding hydrogens is 514 g/mol. The fourth-order valence-electron chi connectivity index (χ4n) is 3.50. The molecule has 0 nitrogen and oxygen atoms in total. The quantitative estimate of drug-likeness (QED) is 0.343. The maximum atomic E-state index is 2.28. The van der Waals surface area contributed by atoms with Crippen LogP contribution < -0.4 is 21.2 Å². The molecule has 0 amide bonds. The van der Waals surface area contributed by atoms with E-state index in [4.69, 9.17) is 0 Å². The summed E-state index contributed by atoms with van der Waals surface area (Å²) in [6, 6.07) is 43.8. The summed E-state index contributed by atoms with van der Waals surface area (Å²) in [4.78, 5) is 0. The maximum absolute atomic E-state index is 2.28. The molecule has 0 radical (unpaired) electrons. The third kappa shape index (κ3) is 3.33. The van der Waals surface area contributed by atoms with Crippen molar-refractivity contribution < 1.29 is 21.1 Å². The zero-order chi connectivity index (χ0) is 17.0. The fourth-order valence-corrected chi connectivity index (χ4v) is 7.77. The van der Waals surface area contributed by atoms with Crippen LogP contribution >= 0.6 is 7.26 Å². The first-order valence-corrected chi connectivity index (χ1v) is 10.3. The van der Waals surface area contributed by atoms with E-state index in [2.05, 4.69) is 121 Å². The minimum Gasteiger partial charge on any atom is -0.0620 e. The maximum Gasteiger partial charge on any atom is 0.144 e. The van der Waals surface area contributed by atoms with E-state index in [1.807, 2.05) is 0 Å². The van der Waals surface area contributed by atoms with Crippen molar-refractivity contribution in [3.63, 3.8) is 0 Å². The van der Waals surface area contributed by atoms with E-state index in [9.17, 15) is 0 Å². The van der Waals surface area contributed by atoms with Gasteiger partial charge in [-0.1, -0.05) is 72.8 Å². The molecule has 4 aromatic rings. The molecule has 0 aliphatic rings. The summed E-state index contributed by atoms with van der Waals surface area (Å²) in [6.07, 6.45) is 0. The molecule has 2 heteroatoms. The zero-order valence-electron chi connectivity index (χ0n) is 14.3. The van der Waals surface area contributed by atoms with Crippen molar-refractivity contribution in [2.75, 3.05) is 0 Å². The van der Waals surface area contributed by atoms with Crippen LogP contribution in [-0.2, 0) is 21.1 Å². The van der Waals surface area contributed by atoms with Crippen LogP contribution in [0, 0.1) is 0 Å². The van der Waals surface area contributed by atoms with Gasteiger partial charge in [0.05, 0.1) is 0 Å².